The zero-order valence-electron chi connectivity index (χ0n) is 11.1. The molecule has 0 aliphatic carbocycles. The van der Waals surface area contributed by atoms with Crippen molar-refractivity contribution in [3.8, 4) is 5.75 Å². The minimum atomic E-state index is -5.19. The van der Waals surface area contributed by atoms with Crippen LogP contribution in [0.2, 0.25) is 0 Å². The molecule has 1 saturated heterocycles. The average molecular weight is 290 g/mol. The van der Waals surface area contributed by atoms with Gasteiger partial charge in [-0.2, -0.15) is 0 Å². The first-order chi connectivity index (χ1) is 9.47. The molecule has 1 aliphatic heterocycles. The van der Waals surface area contributed by atoms with Gasteiger partial charge in [0.2, 0.25) is 0 Å². The monoisotopic (exact) mass is 290 g/mol. The van der Waals surface area contributed by atoms with Crippen molar-refractivity contribution in [2.24, 2.45) is 0 Å². The number of benzene rings is 1. The van der Waals surface area contributed by atoms with Gasteiger partial charge in [-0.15, -0.1) is 0 Å². The summed E-state index contributed by atoms with van der Waals surface area (Å²) in [5.74, 6) is -1.13. The number of nitrogens with zero attached hydrogens (tertiary/aromatic N) is 1. The zero-order valence-corrected chi connectivity index (χ0v) is 11.1. The van der Waals surface area contributed by atoms with Crippen molar-refractivity contribution in [3.05, 3.63) is 24.0 Å². The average Bonchev–Trinajstić information content (AvgIpc) is 2.38. The Hall–Kier alpha value is -1.24. The molecule has 0 radical (unpaired) electrons. The Kier molecular flexibility index (Phi) is 4.91. The third kappa shape index (κ3) is 4.13. The number of piperidine rings is 1. The van der Waals surface area contributed by atoms with E-state index >= 15 is 0 Å². The van der Waals surface area contributed by atoms with Crippen LogP contribution in [-0.2, 0) is 0 Å². The largest absolute Gasteiger partial charge is 0.513 e. The van der Waals surface area contributed by atoms with Gasteiger partial charge >= 0.3 is 6.98 Å². The quantitative estimate of drug-likeness (QED) is 0.610. The fourth-order valence-electron chi connectivity index (χ4n) is 2.37. The Labute approximate surface area is 115 Å². The highest BCUT2D eigenvalue weighted by Crippen LogP contribution is 2.19. The molecule has 2 nitrogen and oxygen atoms in total. The highest BCUT2D eigenvalue weighted by molar-refractivity contribution is 6.74. The van der Waals surface area contributed by atoms with E-state index in [1.54, 1.807) is 0 Å². The summed E-state index contributed by atoms with van der Waals surface area (Å²) in [6.07, 6.45) is 3.41. The van der Waals surface area contributed by atoms with Gasteiger partial charge in [-0.3, -0.25) is 4.90 Å². The molecule has 1 aromatic carbocycles. The van der Waals surface area contributed by atoms with Crippen LogP contribution < -0.4 is 10.2 Å². The molecular formula is C13H17BF4NO-. The topological polar surface area (TPSA) is 12.5 Å². The first kappa shape index (κ1) is 15.2. The minimum Gasteiger partial charge on any atom is -0.495 e. The van der Waals surface area contributed by atoms with E-state index in [2.05, 4.69) is 4.90 Å². The maximum absolute atomic E-state index is 13.1. The molecule has 0 atom stereocenters. The van der Waals surface area contributed by atoms with Crippen LogP contribution >= 0.6 is 0 Å². The summed E-state index contributed by atoms with van der Waals surface area (Å²) in [6, 6.07) is 2.36. The van der Waals surface area contributed by atoms with E-state index < -0.39 is 24.0 Å². The van der Waals surface area contributed by atoms with E-state index in [0.29, 0.717) is 6.54 Å². The Morgan fingerprint density at radius 1 is 1.10 bits per heavy atom. The molecule has 7 heteroatoms. The van der Waals surface area contributed by atoms with Crippen LogP contribution in [0.4, 0.5) is 17.3 Å². The fourth-order valence-corrected chi connectivity index (χ4v) is 2.37. The summed E-state index contributed by atoms with van der Waals surface area (Å²) in [4.78, 5) is 2.15. The van der Waals surface area contributed by atoms with E-state index in [1.807, 2.05) is 0 Å². The lowest BCUT2D eigenvalue weighted by molar-refractivity contribution is 0.183. The van der Waals surface area contributed by atoms with Crippen LogP contribution in [0.25, 0.3) is 0 Å². The summed E-state index contributed by atoms with van der Waals surface area (Å²) in [5, 5.41) is 0. The number of halogens is 4. The van der Waals surface area contributed by atoms with Gasteiger partial charge in [-0.05, 0) is 32.0 Å². The molecule has 20 heavy (non-hydrogen) atoms. The molecule has 1 fully saturated rings. The lowest BCUT2D eigenvalue weighted by atomic mass is 9.79. The SMILES string of the molecule is Fc1ccc([B-](F)(F)F)c(OCCN2CCCCC2)c1. The van der Waals surface area contributed by atoms with Crippen LogP contribution in [0, 0.1) is 5.82 Å². The second kappa shape index (κ2) is 6.48. The number of hydrogen-bond acceptors (Lipinski definition) is 2. The number of rotatable bonds is 5. The van der Waals surface area contributed by atoms with Gasteiger partial charge in [0.1, 0.15) is 12.4 Å². The molecule has 1 heterocycles. The predicted molar refractivity (Wildman–Crippen MR) is 70.9 cm³/mol. The van der Waals surface area contributed by atoms with Crippen molar-refractivity contribution in [2.45, 2.75) is 19.3 Å². The van der Waals surface area contributed by atoms with Gasteiger partial charge in [0, 0.05) is 12.6 Å². The van der Waals surface area contributed by atoms with Gasteiger partial charge in [0.05, 0.1) is 5.75 Å². The first-order valence-electron chi connectivity index (χ1n) is 6.81. The Bertz CT molecular complexity index is 446. The van der Waals surface area contributed by atoms with Gasteiger partial charge in [0.25, 0.3) is 0 Å². The van der Waals surface area contributed by atoms with Crippen LogP contribution in [-0.4, -0.2) is 38.1 Å². The van der Waals surface area contributed by atoms with Crippen molar-refractivity contribution in [1.29, 1.82) is 0 Å². The third-order valence-corrected chi connectivity index (χ3v) is 3.44. The maximum atomic E-state index is 13.1. The Morgan fingerprint density at radius 3 is 2.45 bits per heavy atom. The Morgan fingerprint density at radius 2 is 1.80 bits per heavy atom. The van der Waals surface area contributed by atoms with E-state index in [1.165, 1.54) is 6.42 Å². The summed E-state index contributed by atoms with van der Waals surface area (Å²) in [6.45, 7) is -2.59. The van der Waals surface area contributed by atoms with Crippen LogP contribution in [0.5, 0.6) is 5.75 Å². The number of ether oxygens (including phenoxy) is 1. The number of likely N-dealkylation sites (tertiary alicyclic amines) is 1. The van der Waals surface area contributed by atoms with Crippen LogP contribution in [0.1, 0.15) is 19.3 Å². The van der Waals surface area contributed by atoms with Gasteiger partial charge in [0.15, 0.2) is 0 Å². The van der Waals surface area contributed by atoms with E-state index in [0.717, 1.165) is 44.1 Å². The molecule has 0 spiro atoms. The molecule has 2 rings (SSSR count). The molecule has 0 saturated carbocycles. The highest BCUT2D eigenvalue weighted by atomic mass is 19.4. The lowest BCUT2D eigenvalue weighted by Gasteiger charge is -2.27. The van der Waals surface area contributed by atoms with E-state index in [4.69, 9.17) is 4.74 Å². The van der Waals surface area contributed by atoms with E-state index in [-0.39, 0.29) is 6.61 Å². The summed E-state index contributed by atoms with van der Waals surface area (Å²) < 4.78 is 56.7. The van der Waals surface area contributed by atoms with Crippen molar-refractivity contribution < 1.29 is 22.1 Å². The predicted octanol–water partition coefficient (Wildman–Crippen LogP) is 2.74. The summed E-state index contributed by atoms with van der Waals surface area (Å²) in [5.41, 5.74) is -0.870. The smallest absolute Gasteiger partial charge is 0.495 e. The molecule has 1 aromatic rings. The minimum absolute atomic E-state index is 0.141. The standard InChI is InChI=1S/C13H17BF4NO/c15-11-4-5-12(14(16,17)18)13(10-11)20-9-8-19-6-2-1-3-7-19/h4-5,10H,1-3,6-9H2/q-1. The summed E-state index contributed by atoms with van der Waals surface area (Å²) in [7, 11) is 0. The molecule has 1 aliphatic rings. The molecule has 0 unspecified atom stereocenters. The first-order valence-corrected chi connectivity index (χ1v) is 6.81. The lowest BCUT2D eigenvalue weighted by Crippen LogP contribution is -2.37. The normalized spacial score (nSPS) is 17.2. The van der Waals surface area contributed by atoms with Crippen molar-refractivity contribution in [2.75, 3.05) is 26.2 Å². The molecule has 0 N–H and O–H groups in total. The van der Waals surface area contributed by atoms with Crippen LogP contribution in [0.15, 0.2) is 18.2 Å². The zero-order chi connectivity index (χ0) is 14.6. The Balaban J connectivity index is 1.95. The van der Waals surface area contributed by atoms with Gasteiger partial charge in [-0.25, -0.2) is 4.39 Å². The van der Waals surface area contributed by atoms with Crippen LogP contribution in [0.3, 0.4) is 0 Å². The highest BCUT2D eigenvalue weighted by Gasteiger charge is 2.29. The van der Waals surface area contributed by atoms with Crippen molar-refractivity contribution in [1.82, 2.24) is 4.90 Å². The second-order valence-electron chi connectivity index (χ2n) is 5.01. The third-order valence-electron chi connectivity index (χ3n) is 3.44. The molecule has 0 bridgehead atoms. The molecular weight excluding hydrogens is 273 g/mol. The van der Waals surface area contributed by atoms with E-state index in [9.17, 15) is 17.3 Å². The molecule has 0 aromatic heterocycles. The molecule has 112 valence electrons. The summed E-state index contributed by atoms with van der Waals surface area (Å²) >= 11 is 0. The number of hydrogen-bond donors (Lipinski definition) is 0. The second-order valence-corrected chi connectivity index (χ2v) is 5.01. The maximum Gasteiger partial charge on any atom is 0.513 e. The van der Waals surface area contributed by atoms with Crippen molar-refractivity contribution >= 4 is 12.4 Å². The van der Waals surface area contributed by atoms with Gasteiger partial charge < -0.3 is 17.7 Å². The fraction of sp³-hybridized carbons (Fsp3) is 0.538. The van der Waals surface area contributed by atoms with Crippen molar-refractivity contribution in [3.63, 3.8) is 0 Å². The van der Waals surface area contributed by atoms with Gasteiger partial charge in [-0.1, -0.05) is 17.9 Å². The molecule has 0 amide bonds.